The molecule has 1 amide bonds. The Morgan fingerprint density at radius 3 is 2.32 bits per heavy atom. The Morgan fingerprint density at radius 2 is 1.79 bits per heavy atom. The van der Waals surface area contributed by atoms with Crippen molar-refractivity contribution in [2.24, 2.45) is 0 Å². The van der Waals surface area contributed by atoms with Gasteiger partial charge in [-0.15, -0.1) is 0 Å². The SMILES string of the molecule is COC(=O)c1ccc(CNC(=O)COC(C)=O)cc1. The monoisotopic (exact) mass is 265 g/mol. The first-order chi connectivity index (χ1) is 9.02. The van der Waals surface area contributed by atoms with E-state index < -0.39 is 11.9 Å². The number of esters is 2. The van der Waals surface area contributed by atoms with E-state index in [-0.39, 0.29) is 12.5 Å². The number of benzene rings is 1. The zero-order valence-corrected chi connectivity index (χ0v) is 10.8. The van der Waals surface area contributed by atoms with Gasteiger partial charge in [-0.3, -0.25) is 9.59 Å². The molecule has 19 heavy (non-hydrogen) atoms. The fourth-order valence-corrected chi connectivity index (χ4v) is 1.30. The highest BCUT2D eigenvalue weighted by Crippen LogP contribution is 2.05. The number of hydrogen-bond acceptors (Lipinski definition) is 5. The van der Waals surface area contributed by atoms with Gasteiger partial charge >= 0.3 is 11.9 Å². The summed E-state index contributed by atoms with van der Waals surface area (Å²) in [5, 5.41) is 2.58. The molecule has 1 N–H and O–H groups in total. The van der Waals surface area contributed by atoms with E-state index in [1.807, 2.05) is 0 Å². The Hall–Kier alpha value is -2.37. The second-order valence-electron chi connectivity index (χ2n) is 3.75. The number of rotatable bonds is 5. The molecule has 0 aliphatic rings. The third kappa shape index (κ3) is 5.20. The lowest BCUT2D eigenvalue weighted by Gasteiger charge is -2.06. The van der Waals surface area contributed by atoms with Crippen LogP contribution in [0.4, 0.5) is 0 Å². The first kappa shape index (κ1) is 14.7. The molecule has 0 fully saturated rings. The third-order valence-electron chi connectivity index (χ3n) is 2.27. The van der Waals surface area contributed by atoms with Crippen molar-refractivity contribution in [2.75, 3.05) is 13.7 Å². The van der Waals surface area contributed by atoms with Crippen LogP contribution in [0.15, 0.2) is 24.3 Å². The van der Waals surface area contributed by atoms with Crippen molar-refractivity contribution in [3.63, 3.8) is 0 Å². The van der Waals surface area contributed by atoms with Crippen LogP contribution in [0.25, 0.3) is 0 Å². The van der Waals surface area contributed by atoms with Crippen LogP contribution in [-0.4, -0.2) is 31.6 Å². The molecule has 6 heteroatoms. The predicted molar refractivity (Wildman–Crippen MR) is 66.3 cm³/mol. The summed E-state index contributed by atoms with van der Waals surface area (Å²) in [5.74, 6) is -1.30. The normalized spacial score (nSPS) is 9.58. The van der Waals surface area contributed by atoms with Gasteiger partial charge in [0.05, 0.1) is 12.7 Å². The van der Waals surface area contributed by atoms with Gasteiger partial charge in [0.2, 0.25) is 0 Å². The van der Waals surface area contributed by atoms with Gasteiger partial charge in [-0.05, 0) is 17.7 Å². The van der Waals surface area contributed by atoms with Gasteiger partial charge in [0.1, 0.15) is 0 Å². The quantitative estimate of drug-likeness (QED) is 0.790. The maximum Gasteiger partial charge on any atom is 0.337 e. The summed E-state index contributed by atoms with van der Waals surface area (Å²) in [6, 6.07) is 6.63. The Morgan fingerprint density at radius 1 is 1.16 bits per heavy atom. The summed E-state index contributed by atoms with van der Waals surface area (Å²) in [6.45, 7) is 1.23. The summed E-state index contributed by atoms with van der Waals surface area (Å²) < 4.78 is 9.12. The lowest BCUT2D eigenvalue weighted by Crippen LogP contribution is -2.27. The zero-order chi connectivity index (χ0) is 14.3. The molecule has 6 nitrogen and oxygen atoms in total. The molecular weight excluding hydrogens is 250 g/mol. The molecule has 0 unspecified atom stereocenters. The molecule has 0 aliphatic carbocycles. The Labute approximate surface area is 110 Å². The van der Waals surface area contributed by atoms with E-state index in [0.717, 1.165) is 5.56 Å². The Kier molecular flexibility index (Phi) is 5.53. The number of ether oxygens (including phenoxy) is 2. The second kappa shape index (κ2) is 7.15. The number of hydrogen-bond donors (Lipinski definition) is 1. The average Bonchev–Trinajstić information content (AvgIpc) is 2.42. The van der Waals surface area contributed by atoms with Gasteiger partial charge in [-0.1, -0.05) is 12.1 Å². The van der Waals surface area contributed by atoms with Gasteiger partial charge in [0.25, 0.3) is 5.91 Å². The van der Waals surface area contributed by atoms with Crippen molar-refractivity contribution in [3.05, 3.63) is 35.4 Å². The number of amides is 1. The van der Waals surface area contributed by atoms with Gasteiger partial charge < -0.3 is 14.8 Å². The maximum atomic E-state index is 11.3. The van der Waals surface area contributed by atoms with Crippen LogP contribution in [0.5, 0.6) is 0 Å². The van der Waals surface area contributed by atoms with E-state index in [0.29, 0.717) is 12.1 Å². The van der Waals surface area contributed by atoms with Crippen molar-refractivity contribution in [1.82, 2.24) is 5.32 Å². The van der Waals surface area contributed by atoms with Crippen LogP contribution in [0.3, 0.4) is 0 Å². The van der Waals surface area contributed by atoms with E-state index in [1.165, 1.54) is 14.0 Å². The molecule has 102 valence electrons. The molecule has 0 saturated heterocycles. The highest BCUT2D eigenvalue weighted by Gasteiger charge is 2.06. The van der Waals surface area contributed by atoms with E-state index >= 15 is 0 Å². The van der Waals surface area contributed by atoms with E-state index in [2.05, 4.69) is 14.8 Å². The van der Waals surface area contributed by atoms with E-state index in [4.69, 9.17) is 0 Å². The zero-order valence-electron chi connectivity index (χ0n) is 10.8. The van der Waals surface area contributed by atoms with Gasteiger partial charge in [-0.2, -0.15) is 0 Å². The number of nitrogens with one attached hydrogen (secondary N) is 1. The summed E-state index contributed by atoms with van der Waals surface area (Å²) in [4.78, 5) is 33.0. The molecule has 0 spiro atoms. The Balaban J connectivity index is 2.43. The summed E-state index contributed by atoms with van der Waals surface area (Å²) >= 11 is 0. The first-order valence-corrected chi connectivity index (χ1v) is 5.60. The first-order valence-electron chi connectivity index (χ1n) is 5.60. The lowest BCUT2D eigenvalue weighted by molar-refractivity contribution is -0.146. The topological polar surface area (TPSA) is 81.7 Å². The lowest BCUT2D eigenvalue weighted by atomic mass is 10.1. The van der Waals surface area contributed by atoms with Gasteiger partial charge in [-0.25, -0.2) is 4.79 Å². The minimum Gasteiger partial charge on any atom is -0.465 e. The van der Waals surface area contributed by atoms with Crippen molar-refractivity contribution in [3.8, 4) is 0 Å². The van der Waals surface area contributed by atoms with Crippen molar-refractivity contribution in [2.45, 2.75) is 13.5 Å². The number of carbonyl (C=O) groups excluding carboxylic acids is 3. The maximum absolute atomic E-state index is 11.3. The Bertz CT molecular complexity index is 466. The molecule has 1 rings (SSSR count). The molecule has 1 aromatic rings. The molecule has 0 aromatic heterocycles. The molecule has 0 bridgehead atoms. The average molecular weight is 265 g/mol. The minimum atomic E-state index is -0.502. The fourth-order valence-electron chi connectivity index (χ4n) is 1.30. The van der Waals surface area contributed by atoms with E-state index in [9.17, 15) is 14.4 Å². The third-order valence-corrected chi connectivity index (χ3v) is 2.27. The van der Waals surface area contributed by atoms with Crippen LogP contribution in [0.1, 0.15) is 22.8 Å². The highest BCUT2D eigenvalue weighted by molar-refractivity contribution is 5.89. The second-order valence-corrected chi connectivity index (χ2v) is 3.75. The molecule has 0 radical (unpaired) electrons. The van der Waals surface area contributed by atoms with Gasteiger partial charge in [0.15, 0.2) is 6.61 Å². The predicted octanol–water partition coefficient (Wildman–Crippen LogP) is 0.652. The van der Waals surface area contributed by atoms with Gasteiger partial charge in [0, 0.05) is 13.5 Å². The standard InChI is InChI=1S/C13H15NO5/c1-9(15)19-8-12(16)14-7-10-3-5-11(6-4-10)13(17)18-2/h3-6H,7-8H2,1-2H3,(H,14,16). The molecule has 0 aliphatic heterocycles. The highest BCUT2D eigenvalue weighted by atomic mass is 16.5. The molecular formula is C13H15NO5. The summed E-state index contributed by atoms with van der Waals surface area (Å²) in [6.07, 6.45) is 0. The number of carbonyl (C=O) groups is 3. The van der Waals surface area contributed by atoms with Crippen LogP contribution in [0.2, 0.25) is 0 Å². The van der Waals surface area contributed by atoms with Crippen LogP contribution >= 0.6 is 0 Å². The smallest absolute Gasteiger partial charge is 0.337 e. The van der Waals surface area contributed by atoms with Crippen LogP contribution in [-0.2, 0) is 25.6 Å². The van der Waals surface area contributed by atoms with E-state index in [1.54, 1.807) is 24.3 Å². The minimum absolute atomic E-state index is 0.293. The van der Waals surface area contributed by atoms with Crippen molar-refractivity contribution < 1.29 is 23.9 Å². The fraction of sp³-hybridized carbons (Fsp3) is 0.308. The summed E-state index contributed by atoms with van der Waals surface area (Å²) in [7, 11) is 1.31. The molecule has 1 aromatic carbocycles. The van der Waals surface area contributed by atoms with Crippen molar-refractivity contribution >= 4 is 17.8 Å². The summed E-state index contributed by atoms with van der Waals surface area (Å²) in [5.41, 5.74) is 1.27. The largest absolute Gasteiger partial charge is 0.465 e. The van der Waals surface area contributed by atoms with Crippen LogP contribution in [0, 0.1) is 0 Å². The number of methoxy groups -OCH3 is 1. The molecule has 0 heterocycles. The van der Waals surface area contributed by atoms with Crippen molar-refractivity contribution in [1.29, 1.82) is 0 Å². The molecule has 0 saturated carbocycles. The van der Waals surface area contributed by atoms with Crippen LogP contribution < -0.4 is 5.32 Å². The molecule has 0 atom stereocenters.